The van der Waals surface area contributed by atoms with Crippen LogP contribution < -0.4 is 10.9 Å². The minimum atomic E-state index is -0.112. The molecule has 7 nitrogen and oxygen atoms in total. The zero-order valence-corrected chi connectivity index (χ0v) is 19.4. The number of aryl methyl sites for hydroxylation is 2. The summed E-state index contributed by atoms with van der Waals surface area (Å²) in [5, 5.41) is 8.97. The molecule has 0 bridgehead atoms. The number of carbonyl (C=O) groups is 1. The van der Waals surface area contributed by atoms with E-state index in [1.165, 1.54) is 0 Å². The van der Waals surface area contributed by atoms with E-state index in [0.717, 1.165) is 36.6 Å². The van der Waals surface area contributed by atoms with E-state index < -0.39 is 0 Å². The lowest BCUT2D eigenvalue weighted by Gasteiger charge is -2.31. The van der Waals surface area contributed by atoms with E-state index in [4.69, 9.17) is 16.1 Å². The summed E-state index contributed by atoms with van der Waals surface area (Å²) in [6.07, 6.45) is 5.35. The Labute approximate surface area is 195 Å². The highest BCUT2D eigenvalue weighted by Crippen LogP contribution is 2.36. The van der Waals surface area contributed by atoms with E-state index in [1.807, 2.05) is 29.7 Å². The summed E-state index contributed by atoms with van der Waals surface area (Å²) in [4.78, 5) is 30.4. The van der Waals surface area contributed by atoms with Gasteiger partial charge in [0, 0.05) is 29.9 Å². The number of halogens is 1. The number of carbonyl (C=O) groups excluding carboxylic acids is 1. The van der Waals surface area contributed by atoms with Gasteiger partial charge in [-0.1, -0.05) is 29.2 Å². The lowest BCUT2D eigenvalue weighted by Crippen LogP contribution is -2.35. The molecule has 0 spiro atoms. The van der Waals surface area contributed by atoms with Crippen molar-refractivity contribution >= 4 is 39.3 Å². The first kappa shape index (κ1) is 21.6. The van der Waals surface area contributed by atoms with E-state index in [2.05, 4.69) is 15.5 Å². The molecule has 0 aliphatic heterocycles. The smallest absolute Gasteiger partial charge is 0.264 e. The Kier molecular flexibility index (Phi) is 5.66. The number of amides is 1. The van der Waals surface area contributed by atoms with Crippen LogP contribution in [0.2, 0.25) is 5.02 Å². The number of benzene rings is 1. The summed E-state index contributed by atoms with van der Waals surface area (Å²) >= 11 is 6.54. The SMILES string of the molecule is Cc1ncccc1C(=O)NC[C@@H]1CCC[C@H](n2c(=O)c3c(C)onc3c3c(Cl)cccc32)C1. The third-order valence-electron chi connectivity index (χ3n) is 6.71. The number of fused-ring (bicyclic) bond motifs is 3. The highest BCUT2D eigenvalue weighted by Gasteiger charge is 2.28. The minimum absolute atomic E-state index is 0.00736. The second kappa shape index (κ2) is 8.63. The highest BCUT2D eigenvalue weighted by atomic mass is 35.5. The van der Waals surface area contributed by atoms with Gasteiger partial charge < -0.3 is 14.4 Å². The third-order valence-corrected chi connectivity index (χ3v) is 7.02. The largest absolute Gasteiger partial charge is 0.360 e. The minimum Gasteiger partial charge on any atom is -0.360 e. The predicted molar refractivity (Wildman–Crippen MR) is 128 cm³/mol. The van der Waals surface area contributed by atoms with Crippen molar-refractivity contribution in [1.29, 1.82) is 0 Å². The first-order valence-corrected chi connectivity index (χ1v) is 11.6. The van der Waals surface area contributed by atoms with Gasteiger partial charge in [-0.05, 0) is 63.3 Å². The van der Waals surface area contributed by atoms with E-state index in [1.54, 1.807) is 25.3 Å². The molecule has 1 aliphatic carbocycles. The Hall–Kier alpha value is -3.19. The fourth-order valence-corrected chi connectivity index (χ4v) is 5.33. The molecule has 0 saturated heterocycles. The molecule has 0 unspecified atom stereocenters. The van der Waals surface area contributed by atoms with Crippen LogP contribution in [-0.4, -0.2) is 27.2 Å². The first-order valence-electron chi connectivity index (χ1n) is 11.2. The van der Waals surface area contributed by atoms with Crippen LogP contribution in [0.25, 0.3) is 21.8 Å². The molecular weight excluding hydrogens is 440 g/mol. The average molecular weight is 465 g/mol. The molecule has 0 radical (unpaired) electrons. The van der Waals surface area contributed by atoms with Gasteiger partial charge in [-0.15, -0.1) is 0 Å². The molecule has 3 aromatic heterocycles. The summed E-state index contributed by atoms with van der Waals surface area (Å²) in [6, 6.07) is 9.14. The Balaban J connectivity index is 1.45. The number of aromatic nitrogens is 3. The number of hydrogen-bond donors (Lipinski definition) is 1. The van der Waals surface area contributed by atoms with Gasteiger partial charge in [0.2, 0.25) is 0 Å². The van der Waals surface area contributed by atoms with Gasteiger partial charge in [-0.2, -0.15) is 0 Å². The van der Waals surface area contributed by atoms with Crippen molar-refractivity contribution in [3.05, 3.63) is 68.9 Å². The topological polar surface area (TPSA) is 90.0 Å². The molecule has 170 valence electrons. The quantitative estimate of drug-likeness (QED) is 0.460. The van der Waals surface area contributed by atoms with Crippen molar-refractivity contribution in [3.8, 4) is 0 Å². The van der Waals surface area contributed by atoms with E-state index >= 15 is 0 Å². The number of hydrogen-bond acceptors (Lipinski definition) is 5. The van der Waals surface area contributed by atoms with Gasteiger partial charge in [-0.3, -0.25) is 14.6 Å². The Morgan fingerprint density at radius 2 is 2.06 bits per heavy atom. The van der Waals surface area contributed by atoms with Gasteiger partial charge in [0.05, 0.1) is 16.1 Å². The first-order chi connectivity index (χ1) is 16.0. The molecule has 3 heterocycles. The molecule has 1 N–H and O–H groups in total. The van der Waals surface area contributed by atoms with Crippen LogP contribution in [0.1, 0.15) is 53.5 Å². The van der Waals surface area contributed by atoms with E-state index in [0.29, 0.717) is 39.5 Å². The number of pyridine rings is 2. The van der Waals surface area contributed by atoms with Crippen molar-refractivity contribution in [3.63, 3.8) is 0 Å². The van der Waals surface area contributed by atoms with Crippen LogP contribution in [0, 0.1) is 19.8 Å². The molecule has 2 atom stereocenters. The van der Waals surface area contributed by atoms with Crippen LogP contribution in [0.15, 0.2) is 45.8 Å². The lowest BCUT2D eigenvalue weighted by atomic mass is 9.85. The Bertz CT molecular complexity index is 1420. The summed E-state index contributed by atoms with van der Waals surface area (Å²) in [5.41, 5.74) is 2.49. The zero-order valence-electron chi connectivity index (χ0n) is 18.6. The normalized spacial score (nSPS) is 18.6. The van der Waals surface area contributed by atoms with Gasteiger partial charge in [0.15, 0.2) is 0 Å². The fraction of sp³-hybridized carbons (Fsp3) is 0.360. The molecule has 1 saturated carbocycles. The Morgan fingerprint density at radius 3 is 2.88 bits per heavy atom. The maximum absolute atomic E-state index is 13.6. The molecule has 1 amide bonds. The second-order valence-corrected chi connectivity index (χ2v) is 9.21. The third kappa shape index (κ3) is 3.80. The number of nitrogens with zero attached hydrogens (tertiary/aromatic N) is 3. The fourth-order valence-electron chi connectivity index (χ4n) is 5.07. The molecule has 4 aromatic rings. The Morgan fingerprint density at radius 1 is 1.21 bits per heavy atom. The zero-order chi connectivity index (χ0) is 23.1. The molecule has 1 aromatic carbocycles. The van der Waals surface area contributed by atoms with Gasteiger partial charge in [0.25, 0.3) is 11.5 Å². The average Bonchev–Trinajstić information content (AvgIpc) is 3.20. The van der Waals surface area contributed by atoms with Crippen LogP contribution in [0.3, 0.4) is 0 Å². The van der Waals surface area contributed by atoms with Gasteiger partial charge >= 0.3 is 0 Å². The maximum Gasteiger partial charge on any atom is 0.264 e. The second-order valence-electron chi connectivity index (χ2n) is 8.80. The lowest BCUT2D eigenvalue weighted by molar-refractivity contribution is 0.0939. The predicted octanol–water partition coefficient (Wildman–Crippen LogP) is 4.97. The molecule has 33 heavy (non-hydrogen) atoms. The van der Waals surface area contributed by atoms with Crippen LogP contribution in [0.4, 0.5) is 0 Å². The van der Waals surface area contributed by atoms with Crippen LogP contribution in [0.5, 0.6) is 0 Å². The maximum atomic E-state index is 13.6. The van der Waals surface area contributed by atoms with Crippen molar-refractivity contribution in [2.75, 3.05) is 6.54 Å². The summed E-state index contributed by atoms with van der Waals surface area (Å²) in [6.45, 7) is 4.14. The van der Waals surface area contributed by atoms with Crippen LogP contribution >= 0.6 is 11.6 Å². The summed E-state index contributed by atoms with van der Waals surface area (Å²) < 4.78 is 7.23. The van der Waals surface area contributed by atoms with Crippen LogP contribution in [-0.2, 0) is 0 Å². The molecule has 1 fully saturated rings. The summed E-state index contributed by atoms with van der Waals surface area (Å²) in [7, 11) is 0. The molecule has 1 aliphatic rings. The van der Waals surface area contributed by atoms with Crippen molar-refractivity contribution in [2.24, 2.45) is 5.92 Å². The van der Waals surface area contributed by atoms with Crippen molar-refractivity contribution in [1.82, 2.24) is 20.0 Å². The highest BCUT2D eigenvalue weighted by molar-refractivity contribution is 6.37. The number of nitrogens with one attached hydrogen (secondary N) is 1. The molecule has 8 heteroatoms. The monoisotopic (exact) mass is 464 g/mol. The van der Waals surface area contributed by atoms with Crippen molar-refractivity contribution < 1.29 is 9.32 Å². The molecular formula is C25H25ClN4O3. The molecule has 5 rings (SSSR count). The van der Waals surface area contributed by atoms with Gasteiger partial charge in [-0.25, -0.2) is 0 Å². The number of rotatable bonds is 4. The van der Waals surface area contributed by atoms with Gasteiger partial charge in [0.1, 0.15) is 16.7 Å². The van der Waals surface area contributed by atoms with E-state index in [9.17, 15) is 9.59 Å². The summed E-state index contributed by atoms with van der Waals surface area (Å²) in [5.74, 6) is 0.653. The standard InChI is InChI=1S/C25H25ClN4O3/c1-14-18(8-5-11-27-14)24(31)28-13-16-6-3-7-17(12-16)30-20-10-4-9-19(26)22(20)23-21(25(30)32)15(2)33-29-23/h4-5,8-11,16-17H,3,6-7,12-13H2,1-2H3,(H,28,31)/t16-,17+/m1/s1. The van der Waals surface area contributed by atoms with Crippen molar-refractivity contribution in [2.45, 2.75) is 45.6 Å². The van der Waals surface area contributed by atoms with E-state index in [-0.39, 0.29) is 23.4 Å².